The number of aliphatic hydroxyl groups is 1. The summed E-state index contributed by atoms with van der Waals surface area (Å²) in [6.45, 7) is 9.98. The van der Waals surface area contributed by atoms with Crippen molar-refractivity contribution in [3.05, 3.63) is 23.2 Å². The summed E-state index contributed by atoms with van der Waals surface area (Å²) in [5.41, 5.74) is 1.22. The Morgan fingerprint density at radius 2 is 2.07 bits per heavy atom. The van der Waals surface area contributed by atoms with Crippen LogP contribution in [-0.2, 0) is 6.54 Å². The molecule has 0 aliphatic rings. The molecule has 0 aliphatic carbocycles. The zero-order valence-corrected chi connectivity index (χ0v) is 10.1. The molecule has 15 heavy (non-hydrogen) atoms. The lowest BCUT2D eigenvalue weighted by Gasteiger charge is -2.25. The van der Waals surface area contributed by atoms with E-state index in [4.69, 9.17) is 9.52 Å². The van der Waals surface area contributed by atoms with E-state index in [-0.39, 0.29) is 6.61 Å². The summed E-state index contributed by atoms with van der Waals surface area (Å²) >= 11 is 0. The van der Waals surface area contributed by atoms with Gasteiger partial charge in [0.1, 0.15) is 11.5 Å². The second kappa shape index (κ2) is 5.33. The molecule has 0 saturated carbocycles. The molecule has 0 radical (unpaired) electrons. The van der Waals surface area contributed by atoms with E-state index in [9.17, 15) is 0 Å². The van der Waals surface area contributed by atoms with Crippen LogP contribution in [0.25, 0.3) is 0 Å². The predicted octanol–water partition coefficient (Wildman–Crippen LogP) is 2.10. The minimum absolute atomic E-state index is 0.202. The maximum Gasteiger partial charge on any atom is 0.105 e. The van der Waals surface area contributed by atoms with Crippen molar-refractivity contribution in [2.45, 2.75) is 40.3 Å². The highest BCUT2D eigenvalue weighted by Gasteiger charge is 2.12. The van der Waals surface area contributed by atoms with E-state index in [0.29, 0.717) is 12.6 Å². The van der Waals surface area contributed by atoms with Crippen molar-refractivity contribution in [1.82, 2.24) is 4.90 Å². The second-order valence-electron chi connectivity index (χ2n) is 4.23. The largest absolute Gasteiger partial charge is 0.466 e. The molecule has 0 bridgehead atoms. The summed E-state index contributed by atoms with van der Waals surface area (Å²) in [6, 6.07) is 2.51. The molecular weight excluding hydrogens is 190 g/mol. The third kappa shape index (κ3) is 3.36. The van der Waals surface area contributed by atoms with Crippen molar-refractivity contribution in [3.8, 4) is 0 Å². The second-order valence-corrected chi connectivity index (χ2v) is 4.23. The molecule has 0 spiro atoms. The Kier molecular flexibility index (Phi) is 4.36. The Balaban J connectivity index is 2.69. The number of hydrogen-bond donors (Lipinski definition) is 1. The van der Waals surface area contributed by atoms with Gasteiger partial charge in [-0.2, -0.15) is 0 Å². The van der Waals surface area contributed by atoms with E-state index in [2.05, 4.69) is 24.8 Å². The third-order valence-corrected chi connectivity index (χ3v) is 2.63. The van der Waals surface area contributed by atoms with Crippen LogP contribution >= 0.6 is 0 Å². The van der Waals surface area contributed by atoms with Crippen LogP contribution in [0.5, 0.6) is 0 Å². The van der Waals surface area contributed by atoms with Crippen LogP contribution in [0.3, 0.4) is 0 Å². The lowest BCUT2D eigenvalue weighted by molar-refractivity contribution is 0.158. The fraction of sp³-hybridized carbons (Fsp3) is 0.667. The standard InChI is InChI=1S/C12H21NO2/c1-9(2)13(5-6-14)8-12-7-10(3)15-11(12)4/h7,9,14H,5-6,8H2,1-4H3. The first-order valence-corrected chi connectivity index (χ1v) is 5.45. The number of aliphatic hydroxyl groups excluding tert-OH is 1. The zero-order chi connectivity index (χ0) is 11.4. The Labute approximate surface area is 91.7 Å². The van der Waals surface area contributed by atoms with Crippen molar-refractivity contribution in [2.75, 3.05) is 13.2 Å². The monoisotopic (exact) mass is 211 g/mol. The fourth-order valence-electron chi connectivity index (χ4n) is 1.71. The zero-order valence-electron chi connectivity index (χ0n) is 10.1. The lowest BCUT2D eigenvalue weighted by Crippen LogP contribution is -2.32. The van der Waals surface area contributed by atoms with Gasteiger partial charge in [0.25, 0.3) is 0 Å². The van der Waals surface area contributed by atoms with Crippen LogP contribution in [0.4, 0.5) is 0 Å². The molecule has 0 atom stereocenters. The molecule has 0 saturated heterocycles. The molecule has 0 aromatic carbocycles. The van der Waals surface area contributed by atoms with Gasteiger partial charge in [-0.15, -0.1) is 0 Å². The Hall–Kier alpha value is -0.800. The molecule has 86 valence electrons. The Bertz CT molecular complexity index is 305. The molecule has 0 unspecified atom stereocenters. The molecule has 1 aromatic rings. The minimum atomic E-state index is 0.202. The third-order valence-electron chi connectivity index (χ3n) is 2.63. The average molecular weight is 211 g/mol. The number of nitrogens with zero attached hydrogens (tertiary/aromatic N) is 1. The first kappa shape index (κ1) is 12.3. The van der Waals surface area contributed by atoms with Gasteiger partial charge in [0.2, 0.25) is 0 Å². The van der Waals surface area contributed by atoms with Crippen molar-refractivity contribution >= 4 is 0 Å². The first-order valence-electron chi connectivity index (χ1n) is 5.45. The van der Waals surface area contributed by atoms with Gasteiger partial charge in [0.15, 0.2) is 0 Å². The van der Waals surface area contributed by atoms with Crippen molar-refractivity contribution in [2.24, 2.45) is 0 Å². The summed E-state index contributed by atoms with van der Waals surface area (Å²) in [5, 5.41) is 8.97. The van der Waals surface area contributed by atoms with Crippen LogP contribution < -0.4 is 0 Å². The smallest absolute Gasteiger partial charge is 0.105 e. The maximum atomic E-state index is 8.97. The van der Waals surface area contributed by atoms with Crippen LogP contribution in [0, 0.1) is 13.8 Å². The minimum Gasteiger partial charge on any atom is -0.466 e. The molecule has 0 fully saturated rings. The summed E-state index contributed by atoms with van der Waals surface area (Å²) in [5.74, 6) is 1.94. The van der Waals surface area contributed by atoms with Gasteiger partial charge < -0.3 is 9.52 Å². The summed E-state index contributed by atoms with van der Waals surface area (Å²) in [6.07, 6.45) is 0. The number of aryl methyl sites for hydroxylation is 2. The van der Waals surface area contributed by atoms with Gasteiger partial charge in [-0.3, -0.25) is 4.90 Å². The van der Waals surface area contributed by atoms with E-state index in [1.165, 1.54) is 5.56 Å². The van der Waals surface area contributed by atoms with E-state index < -0.39 is 0 Å². The molecule has 0 aliphatic heterocycles. The number of rotatable bonds is 5. The highest BCUT2D eigenvalue weighted by molar-refractivity contribution is 5.19. The van der Waals surface area contributed by atoms with Crippen LogP contribution in [-0.4, -0.2) is 29.2 Å². The SMILES string of the molecule is Cc1cc(CN(CCO)C(C)C)c(C)o1. The average Bonchev–Trinajstić information content (AvgIpc) is 2.44. The van der Waals surface area contributed by atoms with Crippen LogP contribution in [0.2, 0.25) is 0 Å². The fourth-order valence-corrected chi connectivity index (χ4v) is 1.71. The van der Waals surface area contributed by atoms with E-state index in [1.807, 2.05) is 13.8 Å². The van der Waals surface area contributed by atoms with Gasteiger partial charge in [-0.25, -0.2) is 0 Å². The Morgan fingerprint density at radius 3 is 2.47 bits per heavy atom. The molecule has 1 N–H and O–H groups in total. The van der Waals surface area contributed by atoms with Crippen molar-refractivity contribution in [1.29, 1.82) is 0 Å². The normalized spacial score (nSPS) is 11.7. The maximum absolute atomic E-state index is 8.97. The van der Waals surface area contributed by atoms with E-state index in [0.717, 1.165) is 18.1 Å². The van der Waals surface area contributed by atoms with E-state index in [1.54, 1.807) is 0 Å². The molecule has 0 amide bonds. The van der Waals surface area contributed by atoms with Gasteiger partial charge in [-0.1, -0.05) is 0 Å². The van der Waals surface area contributed by atoms with Crippen molar-refractivity contribution < 1.29 is 9.52 Å². The molecule has 1 rings (SSSR count). The van der Waals surface area contributed by atoms with Gasteiger partial charge in [0.05, 0.1) is 6.61 Å². The van der Waals surface area contributed by atoms with Gasteiger partial charge >= 0.3 is 0 Å². The van der Waals surface area contributed by atoms with E-state index >= 15 is 0 Å². The highest BCUT2D eigenvalue weighted by Crippen LogP contribution is 2.16. The predicted molar refractivity (Wildman–Crippen MR) is 60.8 cm³/mol. The number of hydrogen-bond acceptors (Lipinski definition) is 3. The number of furan rings is 1. The molecular formula is C12H21NO2. The summed E-state index contributed by atoms with van der Waals surface area (Å²) in [7, 11) is 0. The quantitative estimate of drug-likeness (QED) is 0.810. The van der Waals surface area contributed by atoms with Gasteiger partial charge in [-0.05, 0) is 33.8 Å². The lowest BCUT2D eigenvalue weighted by atomic mass is 10.2. The van der Waals surface area contributed by atoms with Crippen molar-refractivity contribution in [3.63, 3.8) is 0 Å². The topological polar surface area (TPSA) is 36.6 Å². The molecule has 1 heterocycles. The highest BCUT2D eigenvalue weighted by atomic mass is 16.3. The molecule has 3 nitrogen and oxygen atoms in total. The van der Waals surface area contributed by atoms with Crippen LogP contribution in [0.15, 0.2) is 10.5 Å². The first-order chi connectivity index (χ1) is 7.04. The van der Waals surface area contributed by atoms with Crippen LogP contribution in [0.1, 0.15) is 30.9 Å². The Morgan fingerprint density at radius 1 is 1.40 bits per heavy atom. The molecule has 1 aromatic heterocycles. The summed E-state index contributed by atoms with van der Waals surface area (Å²) in [4.78, 5) is 2.23. The summed E-state index contributed by atoms with van der Waals surface area (Å²) < 4.78 is 5.48. The van der Waals surface area contributed by atoms with Gasteiger partial charge in [0, 0.05) is 24.7 Å². The molecule has 3 heteroatoms.